The van der Waals surface area contributed by atoms with Crippen molar-refractivity contribution < 1.29 is 21.4 Å². The number of benzene rings is 2. The molecule has 1 aliphatic carbocycles. The molecule has 0 amide bonds. The van der Waals surface area contributed by atoms with Crippen LogP contribution in [0.25, 0.3) is 16.8 Å². The second-order valence-electron chi connectivity index (χ2n) is 5.81. The molecule has 0 bridgehead atoms. The Morgan fingerprint density at radius 2 is 1.84 bits per heavy atom. The van der Waals surface area contributed by atoms with Crippen LogP contribution >= 0.6 is 0 Å². The molecular weight excluding hydrogens is 395 g/mol. The van der Waals surface area contributed by atoms with Crippen molar-refractivity contribution in [3.05, 3.63) is 53.6 Å². The van der Waals surface area contributed by atoms with Gasteiger partial charge in [-0.05, 0) is 0 Å². The predicted octanol–water partition coefficient (Wildman–Crippen LogP) is 5.58. The number of hydrogen-bond acceptors (Lipinski definition) is 0. The monoisotopic (exact) mass is 417 g/mol. The average Bonchev–Trinajstić information content (AvgIpc) is 2.80. The summed E-state index contributed by atoms with van der Waals surface area (Å²) in [5.41, 5.74) is 3.12. The molecule has 0 radical (unpaired) electrons. The number of hydrogen-bond donors (Lipinski definition) is 0. The van der Waals surface area contributed by atoms with Crippen molar-refractivity contribution in [1.29, 1.82) is 0 Å². The van der Waals surface area contributed by atoms with Gasteiger partial charge in [0.05, 0.1) is 0 Å². The minimum absolute atomic E-state index is 0.440. The number of fused-ring (bicyclic) bond motifs is 3. The second kappa shape index (κ2) is 5.01. The maximum atomic E-state index is 2.57. The molecule has 2 aromatic carbocycles. The van der Waals surface area contributed by atoms with Crippen LogP contribution in [0.4, 0.5) is 0 Å². The van der Waals surface area contributed by atoms with Gasteiger partial charge < -0.3 is 0 Å². The summed E-state index contributed by atoms with van der Waals surface area (Å²) < 4.78 is 5.58. The summed E-state index contributed by atoms with van der Waals surface area (Å²) in [6.07, 6.45) is 7.55. The van der Waals surface area contributed by atoms with Crippen molar-refractivity contribution >= 4 is 16.8 Å². The molecule has 0 aromatic heterocycles. The first kappa shape index (κ1) is 13.3. The van der Waals surface area contributed by atoms with Gasteiger partial charge in [-0.2, -0.15) is 0 Å². The third-order valence-corrected chi connectivity index (χ3v) is 13.3. The molecule has 1 unspecified atom stereocenters. The molecule has 3 rings (SSSR count). The molecule has 0 N–H and O–H groups in total. The minimum atomic E-state index is -1.58. The molecule has 0 spiro atoms. The number of rotatable bonds is 3. The van der Waals surface area contributed by atoms with Crippen LogP contribution in [-0.4, -0.2) is 0 Å². The summed E-state index contributed by atoms with van der Waals surface area (Å²) in [5, 5.41) is 2.89. The summed E-state index contributed by atoms with van der Waals surface area (Å²) in [6, 6.07) is 13.5. The van der Waals surface area contributed by atoms with E-state index in [1.807, 2.05) is 0 Å². The Morgan fingerprint density at radius 3 is 2.58 bits per heavy atom. The van der Waals surface area contributed by atoms with Gasteiger partial charge in [-0.15, -0.1) is 0 Å². The van der Waals surface area contributed by atoms with E-state index >= 15 is 0 Å². The Labute approximate surface area is 124 Å². The molecule has 1 atom stereocenters. The summed E-state index contributed by atoms with van der Waals surface area (Å²) in [6.45, 7) is 2.33. The van der Waals surface area contributed by atoms with Crippen molar-refractivity contribution in [1.82, 2.24) is 0 Å². The third-order valence-electron chi connectivity index (χ3n) is 4.49. The summed E-state index contributed by atoms with van der Waals surface area (Å²) >= 11 is -1.58. The summed E-state index contributed by atoms with van der Waals surface area (Å²) in [4.78, 5) is 0. The van der Waals surface area contributed by atoms with Crippen molar-refractivity contribution in [2.24, 2.45) is 0 Å². The van der Waals surface area contributed by atoms with E-state index in [2.05, 4.69) is 64.8 Å². The zero-order valence-electron chi connectivity index (χ0n) is 12.0. The van der Waals surface area contributed by atoms with Gasteiger partial charge in [-0.3, -0.25) is 0 Å². The summed E-state index contributed by atoms with van der Waals surface area (Å²) in [5.74, 6) is 0. The summed E-state index contributed by atoms with van der Waals surface area (Å²) in [7, 11) is 0. The van der Waals surface area contributed by atoms with Crippen molar-refractivity contribution in [2.45, 2.75) is 32.3 Å². The second-order valence-corrected chi connectivity index (χ2v) is 16.2. The van der Waals surface area contributed by atoms with Gasteiger partial charge in [0.25, 0.3) is 0 Å². The normalized spacial score (nSPS) is 20.8. The van der Waals surface area contributed by atoms with Gasteiger partial charge in [-0.1, -0.05) is 0 Å². The van der Waals surface area contributed by atoms with Crippen LogP contribution in [0, 0.1) is 0 Å². The first-order valence-electron chi connectivity index (χ1n) is 7.21. The van der Waals surface area contributed by atoms with Gasteiger partial charge >= 0.3 is 124 Å². The average molecular weight is 416 g/mol. The fraction of sp³-hybridized carbons (Fsp3) is 0.333. The molecule has 0 aliphatic heterocycles. The zero-order valence-corrected chi connectivity index (χ0v) is 15.6. The molecule has 0 heterocycles. The van der Waals surface area contributed by atoms with E-state index in [9.17, 15) is 0 Å². The quantitative estimate of drug-likeness (QED) is 0.574. The fourth-order valence-corrected chi connectivity index (χ4v) is 10.5. The van der Waals surface area contributed by atoms with Gasteiger partial charge in [0.1, 0.15) is 0 Å². The van der Waals surface area contributed by atoms with E-state index < -0.39 is 21.4 Å². The van der Waals surface area contributed by atoms with Crippen LogP contribution in [0.3, 0.4) is 0 Å². The van der Waals surface area contributed by atoms with E-state index in [1.165, 1.54) is 29.2 Å². The van der Waals surface area contributed by atoms with Gasteiger partial charge in [0.2, 0.25) is 0 Å². The standard InChI is InChI=1S/C16H15.2CH3.Hf/c1-2-5-13-10-11-14-9-8-12-6-3-4-7-15(12)16(13)14;;;/h3-4,6-11H,2,5H2,1H3;2*1H3;. The van der Waals surface area contributed by atoms with Gasteiger partial charge in [0, 0.05) is 0 Å². The molecule has 0 nitrogen and oxygen atoms in total. The Balaban J connectivity index is 2.32. The van der Waals surface area contributed by atoms with Crippen LogP contribution in [0.15, 0.2) is 42.5 Å². The first-order chi connectivity index (χ1) is 9.19. The maximum absolute atomic E-state index is 2.57. The predicted molar refractivity (Wildman–Crippen MR) is 81.3 cm³/mol. The van der Waals surface area contributed by atoms with E-state index in [1.54, 1.807) is 5.56 Å². The molecular formula is C18H21Hf. The molecule has 2 aromatic rings. The molecule has 97 valence electrons. The number of allylic oxidation sites excluding steroid dienone is 1. The topological polar surface area (TPSA) is 0 Å². The van der Waals surface area contributed by atoms with Gasteiger partial charge in [-0.25, -0.2) is 0 Å². The zero-order chi connectivity index (χ0) is 13.5. The molecule has 1 heteroatoms. The van der Waals surface area contributed by atoms with E-state index in [4.69, 9.17) is 0 Å². The Kier molecular flexibility index (Phi) is 3.51. The van der Waals surface area contributed by atoms with Gasteiger partial charge in [0.15, 0.2) is 0 Å². The van der Waals surface area contributed by atoms with Crippen LogP contribution in [0.2, 0.25) is 9.36 Å². The van der Waals surface area contributed by atoms with Crippen LogP contribution in [0.5, 0.6) is 0 Å². The van der Waals surface area contributed by atoms with E-state index in [0.717, 1.165) is 0 Å². The molecule has 0 saturated heterocycles. The first-order valence-corrected chi connectivity index (χ1v) is 16.2. The van der Waals surface area contributed by atoms with Crippen molar-refractivity contribution in [2.75, 3.05) is 0 Å². The third kappa shape index (κ3) is 1.98. The van der Waals surface area contributed by atoms with Crippen LogP contribution in [-0.2, 0) is 24.6 Å². The van der Waals surface area contributed by atoms with E-state index in [0.29, 0.717) is 3.17 Å². The Morgan fingerprint density at radius 1 is 1.05 bits per heavy atom. The Hall–Kier alpha value is -0.690. The SMILES string of the molecule is CCC[C]1([Hf]([CH3])[CH3])C=Cc2ccc3ccccc3c21. The molecule has 1 aliphatic rings. The van der Waals surface area contributed by atoms with E-state index in [-0.39, 0.29) is 0 Å². The van der Waals surface area contributed by atoms with Crippen molar-refractivity contribution in [3.63, 3.8) is 0 Å². The molecule has 0 saturated carbocycles. The van der Waals surface area contributed by atoms with Crippen LogP contribution in [0.1, 0.15) is 30.9 Å². The van der Waals surface area contributed by atoms with Crippen molar-refractivity contribution in [3.8, 4) is 0 Å². The fourth-order valence-electron chi connectivity index (χ4n) is 3.51. The Bertz CT molecular complexity index is 639. The molecule has 0 fully saturated rings. The molecule has 19 heavy (non-hydrogen) atoms. The van der Waals surface area contributed by atoms with Crippen LogP contribution < -0.4 is 0 Å².